The van der Waals surface area contributed by atoms with E-state index in [2.05, 4.69) is 5.32 Å². The second kappa shape index (κ2) is 9.20. The fourth-order valence-electron chi connectivity index (χ4n) is 4.39. The van der Waals surface area contributed by atoms with E-state index in [1.165, 1.54) is 37.9 Å². The molecular formula is C24H25F7N2O. The highest BCUT2D eigenvalue weighted by atomic mass is 19.4. The summed E-state index contributed by atoms with van der Waals surface area (Å²) in [5.74, 6) is -1.26. The van der Waals surface area contributed by atoms with Crippen molar-refractivity contribution in [1.82, 2.24) is 10.2 Å². The molecule has 186 valence electrons. The van der Waals surface area contributed by atoms with E-state index in [1.54, 1.807) is 12.1 Å². The summed E-state index contributed by atoms with van der Waals surface area (Å²) >= 11 is 0. The van der Waals surface area contributed by atoms with Crippen molar-refractivity contribution in [1.29, 1.82) is 0 Å². The molecule has 1 aliphatic rings. The van der Waals surface area contributed by atoms with E-state index in [1.807, 2.05) is 0 Å². The van der Waals surface area contributed by atoms with Crippen LogP contribution in [0.25, 0.3) is 0 Å². The molecule has 1 saturated heterocycles. The Morgan fingerprint density at radius 2 is 1.41 bits per heavy atom. The number of amides is 1. The largest absolute Gasteiger partial charge is 0.416 e. The van der Waals surface area contributed by atoms with Crippen LogP contribution in [-0.2, 0) is 22.6 Å². The minimum absolute atomic E-state index is 0.0468. The van der Waals surface area contributed by atoms with E-state index in [4.69, 9.17) is 0 Å². The smallest absolute Gasteiger partial charge is 0.341 e. The Morgan fingerprint density at radius 1 is 0.912 bits per heavy atom. The lowest BCUT2D eigenvalue weighted by atomic mass is 9.79. The van der Waals surface area contributed by atoms with E-state index >= 15 is 0 Å². The van der Waals surface area contributed by atoms with Gasteiger partial charge in [-0.3, -0.25) is 4.79 Å². The number of piperidine rings is 1. The molecule has 2 aromatic carbocycles. The molecule has 1 aliphatic heterocycles. The number of carbonyl (C=O) groups excluding carboxylic acids is 1. The van der Waals surface area contributed by atoms with Crippen molar-refractivity contribution >= 4 is 5.91 Å². The summed E-state index contributed by atoms with van der Waals surface area (Å²) in [6.07, 6.45) is -9.51. The van der Waals surface area contributed by atoms with Gasteiger partial charge in [-0.25, -0.2) is 4.39 Å². The number of likely N-dealkylation sites (N-methyl/N-ethyl adjacent to an activating group) is 1. The first-order valence-corrected chi connectivity index (χ1v) is 10.7. The van der Waals surface area contributed by atoms with Gasteiger partial charge in [-0.1, -0.05) is 12.1 Å². The Bertz CT molecular complexity index is 997. The second-order valence-electron chi connectivity index (χ2n) is 9.05. The van der Waals surface area contributed by atoms with Crippen LogP contribution in [0.3, 0.4) is 0 Å². The molecule has 34 heavy (non-hydrogen) atoms. The number of halogens is 7. The van der Waals surface area contributed by atoms with E-state index in [0.717, 1.165) is 5.56 Å². The predicted octanol–water partition coefficient (Wildman–Crippen LogP) is 5.75. The van der Waals surface area contributed by atoms with Gasteiger partial charge >= 0.3 is 12.4 Å². The van der Waals surface area contributed by atoms with Crippen LogP contribution < -0.4 is 5.32 Å². The number of hydrogen-bond acceptors (Lipinski definition) is 2. The van der Waals surface area contributed by atoms with Gasteiger partial charge in [-0.15, -0.1) is 0 Å². The predicted molar refractivity (Wildman–Crippen MR) is 113 cm³/mol. The Hall–Kier alpha value is -2.62. The maximum atomic E-state index is 13.5. The average Bonchev–Trinajstić information content (AvgIpc) is 2.77. The third kappa shape index (κ3) is 5.37. The minimum atomic E-state index is -5.01. The molecule has 0 saturated carbocycles. The molecule has 1 heterocycles. The number of carbonyl (C=O) groups is 1. The zero-order chi connectivity index (χ0) is 25.5. The maximum absolute atomic E-state index is 13.5. The van der Waals surface area contributed by atoms with Gasteiger partial charge in [0.1, 0.15) is 5.82 Å². The van der Waals surface area contributed by atoms with E-state index < -0.39 is 40.6 Å². The Balaban J connectivity index is 1.98. The molecule has 2 aromatic rings. The molecule has 0 aromatic heterocycles. The van der Waals surface area contributed by atoms with Crippen molar-refractivity contribution < 1.29 is 35.5 Å². The van der Waals surface area contributed by atoms with Gasteiger partial charge in [0.15, 0.2) is 0 Å². The lowest BCUT2D eigenvalue weighted by Crippen LogP contribution is -2.53. The van der Waals surface area contributed by atoms with Crippen LogP contribution in [0.2, 0.25) is 0 Å². The summed E-state index contributed by atoms with van der Waals surface area (Å²) in [6.45, 7) is 3.68. The third-order valence-corrected chi connectivity index (χ3v) is 6.41. The summed E-state index contributed by atoms with van der Waals surface area (Å²) in [5, 5.41) is 3.21. The molecule has 0 bridgehead atoms. The Labute approximate surface area is 192 Å². The summed E-state index contributed by atoms with van der Waals surface area (Å²) < 4.78 is 93.4. The van der Waals surface area contributed by atoms with E-state index in [9.17, 15) is 35.5 Å². The molecular weight excluding hydrogens is 465 g/mol. The van der Waals surface area contributed by atoms with Gasteiger partial charge in [0.25, 0.3) is 0 Å². The van der Waals surface area contributed by atoms with Crippen LogP contribution in [0.4, 0.5) is 30.7 Å². The quantitative estimate of drug-likeness (QED) is 0.554. The highest BCUT2D eigenvalue weighted by molar-refractivity contribution is 5.87. The number of alkyl halides is 6. The fraction of sp³-hybridized carbons (Fsp3) is 0.458. The SMILES string of the molecule is CN(C(=O)C(C)(C)c1cc(C(F)(F)F)cc(C(F)(F)F)c1)[C@H]1CCNC[C@@H]1c1ccc(F)cc1. The molecule has 0 aliphatic carbocycles. The highest BCUT2D eigenvalue weighted by Gasteiger charge is 2.42. The topological polar surface area (TPSA) is 32.3 Å². The van der Waals surface area contributed by atoms with Crippen LogP contribution in [0, 0.1) is 5.82 Å². The molecule has 0 radical (unpaired) electrons. The average molecular weight is 490 g/mol. The first-order valence-electron chi connectivity index (χ1n) is 10.7. The van der Waals surface area contributed by atoms with Crippen molar-refractivity contribution in [2.75, 3.05) is 20.1 Å². The first-order chi connectivity index (χ1) is 15.6. The Kier molecular flexibility index (Phi) is 7.04. The van der Waals surface area contributed by atoms with Crippen molar-refractivity contribution in [2.24, 2.45) is 0 Å². The number of benzene rings is 2. The maximum Gasteiger partial charge on any atom is 0.416 e. The van der Waals surface area contributed by atoms with Crippen molar-refractivity contribution in [3.05, 3.63) is 70.5 Å². The summed E-state index contributed by atoms with van der Waals surface area (Å²) in [4.78, 5) is 14.9. The zero-order valence-electron chi connectivity index (χ0n) is 18.8. The normalized spacial score (nSPS) is 19.7. The molecule has 0 spiro atoms. The van der Waals surface area contributed by atoms with Crippen LogP contribution >= 0.6 is 0 Å². The molecule has 3 rings (SSSR count). The van der Waals surface area contributed by atoms with Gasteiger partial charge in [0.2, 0.25) is 5.91 Å². The summed E-state index contributed by atoms with van der Waals surface area (Å²) in [6, 6.07) is 6.67. The highest BCUT2D eigenvalue weighted by Crippen LogP contribution is 2.40. The van der Waals surface area contributed by atoms with Crippen molar-refractivity contribution in [2.45, 2.75) is 50.0 Å². The molecule has 1 N–H and O–H groups in total. The van der Waals surface area contributed by atoms with Crippen molar-refractivity contribution in [3.8, 4) is 0 Å². The molecule has 10 heteroatoms. The number of rotatable bonds is 4. The fourth-order valence-corrected chi connectivity index (χ4v) is 4.39. The third-order valence-electron chi connectivity index (χ3n) is 6.41. The zero-order valence-corrected chi connectivity index (χ0v) is 18.8. The second-order valence-corrected chi connectivity index (χ2v) is 9.05. The standard InChI is InChI=1S/C24H25F7N2O/c1-22(2,15-10-16(23(26,27)28)12-17(11-15)24(29,30)31)21(34)33(3)20-8-9-32-13-19(20)14-4-6-18(25)7-5-14/h4-7,10-12,19-20,32H,8-9,13H2,1-3H3/t19-,20+/m1/s1. The van der Waals surface area contributed by atoms with Crippen LogP contribution in [0.1, 0.15) is 48.4 Å². The van der Waals surface area contributed by atoms with Crippen molar-refractivity contribution in [3.63, 3.8) is 0 Å². The van der Waals surface area contributed by atoms with Crippen LogP contribution in [-0.4, -0.2) is 37.0 Å². The van der Waals surface area contributed by atoms with Crippen LogP contribution in [0.15, 0.2) is 42.5 Å². The number of nitrogens with zero attached hydrogens (tertiary/aromatic N) is 1. The van der Waals surface area contributed by atoms with Gasteiger partial charge in [0.05, 0.1) is 16.5 Å². The summed E-state index contributed by atoms with van der Waals surface area (Å²) in [5.41, 5.74) is -4.21. The van der Waals surface area contributed by atoms with Gasteiger partial charge < -0.3 is 10.2 Å². The van der Waals surface area contributed by atoms with E-state index in [-0.39, 0.29) is 23.6 Å². The molecule has 1 amide bonds. The number of hydrogen-bond donors (Lipinski definition) is 1. The monoisotopic (exact) mass is 490 g/mol. The van der Waals surface area contributed by atoms with Gasteiger partial charge in [0, 0.05) is 25.6 Å². The van der Waals surface area contributed by atoms with Gasteiger partial charge in [-0.2, -0.15) is 26.3 Å². The molecule has 2 atom stereocenters. The van der Waals surface area contributed by atoms with Crippen LogP contribution in [0.5, 0.6) is 0 Å². The summed E-state index contributed by atoms with van der Waals surface area (Å²) in [7, 11) is 1.49. The first kappa shape index (κ1) is 26.0. The lowest BCUT2D eigenvalue weighted by molar-refractivity contribution is -0.144. The molecule has 3 nitrogen and oxygen atoms in total. The molecule has 1 fully saturated rings. The van der Waals surface area contributed by atoms with Gasteiger partial charge in [-0.05, 0) is 68.3 Å². The minimum Gasteiger partial charge on any atom is -0.341 e. The van der Waals surface area contributed by atoms with E-state index in [0.29, 0.717) is 31.6 Å². The number of nitrogens with one attached hydrogen (secondary N) is 1. The lowest BCUT2D eigenvalue weighted by Gasteiger charge is -2.42. The molecule has 0 unspecified atom stereocenters. The Morgan fingerprint density at radius 3 is 1.91 bits per heavy atom.